The molecule has 1 nitrogen and oxygen atoms in total. The lowest BCUT2D eigenvalue weighted by atomic mass is 9.96. The van der Waals surface area contributed by atoms with Gasteiger partial charge in [0.1, 0.15) is 11.6 Å². The van der Waals surface area contributed by atoms with Gasteiger partial charge in [0.15, 0.2) is 0 Å². The third-order valence-corrected chi connectivity index (χ3v) is 5.10. The van der Waals surface area contributed by atoms with E-state index in [1.165, 1.54) is 30.0 Å². The van der Waals surface area contributed by atoms with Crippen molar-refractivity contribution in [2.24, 2.45) is 0 Å². The molecule has 0 aromatic heterocycles. The average molecular weight is 387 g/mol. The molecule has 24 heavy (non-hydrogen) atoms. The minimum Gasteiger partial charge on any atom is -1.00 e. The molecule has 128 valence electrons. The molecule has 0 saturated heterocycles. The van der Waals surface area contributed by atoms with Crippen LogP contribution in [0.5, 0.6) is 0 Å². The molecule has 0 radical (unpaired) electrons. The standard InChI is InChI=1S/C18H16ClF2NS.ClH/c1-22(2)7-3-4-12-13-6-5-11(20)8-17(13)23-18-10-16(21)15(19)9-14(12)18;/h4-6,8-10H,3,7H2,1-2H3;1H/p-1/b12-4+;. The molecule has 0 bridgehead atoms. The Hall–Kier alpha value is -1.07. The Bertz CT molecular complexity index is 791. The zero-order valence-corrected chi connectivity index (χ0v) is 15.6. The minimum absolute atomic E-state index is 0. The van der Waals surface area contributed by atoms with E-state index in [1.807, 2.05) is 14.1 Å². The second-order valence-corrected chi connectivity index (χ2v) is 7.21. The van der Waals surface area contributed by atoms with Crippen molar-refractivity contribution in [1.82, 2.24) is 4.90 Å². The fraction of sp³-hybridized carbons (Fsp3) is 0.222. The Labute approximate surface area is 156 Å². The van der Waals surface area contributed by atoms with Gasteiger partial charge in [-0.3, -0.25) is 0 Å². The number of halogens is 4. The predicted octanol–water partition coefficient (Wildman–Crippen LogP) is 2.47. The summed E-state index contributed by atoms with van der Waals surface area (Å²) in [6.07, 6.45) is 2.96. The van der Waals surface area contributed by atoms with Gasteiger partial charge in [0, 0.05) is 16.3 Å². The molecule has 3 rings (SSSR count). The summed E-state index contributed by atoms with van der Waals surface area (Å²) in [6, 6.07) is 7.81. The molecular formula is C18H16Cl2F2NS-. The summed E-state index contributed by atoms with van der Waals surface area (Å²) in [4.78, 5) is 3.66. The number of hydrogen-bond acceptors (Lipinski definition) is 2. The first kappa shape index (κ1) is 19.3. The number of fused-ring (bicyclic) bond motifs is 2. The van der Waals surface area contributed by atoms with Crippen molar-refractivity contribution in [3.8, 4) is 0 Å². The molecule has 2 aromatic rings. The molecule has 1 aliphatic rings. The highest BCUT2D eigenvalue weighted by Gasteiger charge is 2.23. The average Bonchev–Trinajstić information content (AvgIpc) is 2.48. The highest BCUT2D eigenvalue weighted by molar-refractivity contribution is 7.99. The van der Waals surface area contributed by atoms with Crippen LogP contribution in [0.2, 0.25) is 5.02 Å². The number of nitrogens with zero attached hydrogens (tertiary/aromatic N) is 1. The van der Waals surface area contributed by atoms with E-state index in [0.717, 1.165) is 39.5 Å². The van der Waals surface area contributed by atoms with E-state index in [2.05, 4.69) is 11.0 Å². The molecule has 0 unspecified atom stereocenters. The molecule has 6 heteroatoms. The molecule has 1 heterocycles. The van der Waals surface area contributed by atoms with Crippen LogP contribution in [0.15, 0.2) is 46.2 Å². The fourth-order valence-corrected chi connectivity index (χ4v) is 3.88. The summed E-state index contributed by atoms with van der Waals surface area (Å²) in [6.45, 7) is 0.900. The SMILES string of the molecule is CN(C)CC/C=C1\c2ccc(F)cc2Sc2cc(F)c(Cl)cc21.[Cl-]. The van der Waals surface area contributed by atoms with Crippen LogP contribution in [-0.2, 0) is 0 Å². The number of rotatable bonds is 3. The van der Waals surface area contributed by atoms with E-state index >= 15 is 0 Å². The lowest BCUT2D eigenvalue weighted by Crippen LogP contribution is -3.00. The van der Waals surface area contributed by atoms with Crippen LogP contribution >= 0.6 is 23.4 Å². The molecule has 0 fully saturated rings. The van der Waals surface area contributed by atoms with Gasteiger partial charge in [-0.2, -0.15) is 0 Å². The Kier molecular flexibility index (Phi) is 6.32. The molecule has 0 saturated carbocycles. The summed E-state index contributed by atoms with van der Waals surface area (Å²) in [5, 5.41) is 0.105. The van der Waals surface area contributed by atoms with Gasteiger partial charge in [-0.25, -0.2) is 8.78 Å². The smallest absolute Gasteiger partial charge is 0.142 e. The summed E-state index contributed by atoms with van der Waals surface area (Å²) >= 11 is 7.34. The highest BCUT2D eigenvalue weighted by atomic mass is 35.5. The van der Waals surface area contributed by atoms with Gasteiger partial charge < -0.3 is 17.3 Å². The maximum absolute atomic E-state index is 13.8. The van der Waals surface area contributed by atoms with Crippen molar-refractivity contribution in [3.05, 3.63) is 64.2 Å². The third kappa shape index (κ3) is 3.94. The second-order valence-electron chi connectivity index (χ2n) is 5.71. The molecule has 2 aromatic carbocycles. The molecule has 1 aliphatic heterocycles. The Morgan fingerprint density at radius 1 is 1.08 bits per heavy atom. The lowest BCUT2D eigenvalue weighted by Gasteiger charge is -2.23. The molecule has 0 amide bonds. The third-order valence-electron chi connectivity index (χ3n) is 3.69. The maximum atomic E-state index is 13.8. The summed E-state index contributed by atoms with van der Waals surface area (Å²) in [5.74, 6) is -0.743. The summed E-state index contributed by atoms with van der Waals surface area (Å²) < 4.78 is 27.4. The van der Waals surface area contributed by atoms with Crippen molar-refractivity contribution in [2.45, 2.75) is 16.2 Å². The Morgan fingerprint density at radius 2 is 1.79 bits per heavy atom. The zero-order valence-electron chi connectivity index (χ0n) is 13.2. The second kappa shape index (κ2) is 7.87. The van der Waals surface area contributed by atoms with Crippen LogP contribution < -0.4 is 12.4 Å². The lowest BCUT2D eigenvalue weighted by molar-refractivity contribution is -0.00000571. The van der Waals surface area contributed by atoms with Crippen LogP contribution in [0, 0.1) is 11.6 Å². The number of hydrogen-bond donors (Lipinski definition) is 0. The van der Waals surface area contributed by atoms with Gasteiger partial charge in [-0.05, 0) is 61.5 Å². The topological polar surface area (TPSA) is 3.24 Å². The minimum atomic E-state index is -0.453. The van der Waals surface area contributed by atoms with Gasteiger partial charge in [0.05, 0.1) is 5.02 Å². The Morgan fingerprint density at radius 3 is 2.50 bits per heavy atom. The van der Waals surface area contributed by atoms with Crippen LogP contribution in [0.1, 0.15) is 17.5 Å². The Balaban J connectivity index is 0.00000208. The molecule has 0 atom stereocenters. The first-order valence-electron chi connectivity index (χ1n) is 7.28. The first-order valence-corrected chi connectivity index (χ1v) is 8.47. The van der Waals surface area contributed by atoms with Gasteiger partial charge >= 0.3 is 0 Å². The predicted molar refractivity (Wildman–Crippen MR) is 92.2 cm³/mol. The van der Waals surface area contributed by atoms with Gasteiger partial charge in [0.25, 0.3) is 0 Å². The monoisotopic (exact) mass is 386 g/mol. The molecule has 0 spiro atoms. The number of benzene rings is 2. The van der Waals surface area contributed by atoms with E-state index in [4.69, 9.17) is 11.6 Å². The molecule has 0 aliphatic carbocycles. The first-order chi connectivity index (χ1) is 11.0. The normalized spacial score (nSPS) is 14.3. The van der Waals surface area contributed by atoms with E-state index in [-0.39, 0.29) is 23.2 Å². The van der Waals surface area contributed by atoms with Crippen LogP contribution in [0.25, 0.3) is 5.57 Å². The van der Waals surface area contributed by atoms with Gasteiger partial charge in [-0.1, -0.05) is 35.5 Å². The van der Waals surface area contributed by atoms with E-state index in [9.17, 15) is 8.78 Å². The van der Waals surface area contributed by atoms with Crippen LogP contribution in [-0.4, -0.2) is 25.5 Å². The van der Waals surface area contributed by atoms with Crippen molar-refractivity contribution in [2.75, 3.05) is 20.6 Å². The highest BCUT2D eigenvalue weighted by Crippen LogP contribution is 2.47. The van der Waals surface area contributed by atoms with E-state index in [0.29, 0.717) is 0 Å². The summed E-state index contributed by atoms with van der Waals surface area (Å²) in [5.41, 5.74) is 2.85. The molecule has 0 N–H and O–H groups in total. The summed E-state index contributed by atoms with van der Waals surface area (Å²) in [7, 11) is 4.03. The van der Waals surface area contributed by atoms with Crippen molar-refractivity contribution < 1.29 is 21.2 Å². The van der Waals surface area contributed by atoms with Gasteiger partial charge in [-0.15, -0.1) is 0 Å². The fourth-order valence-electron chi connectivity index (χ4n) is 2.58. The quantitative estimate of drug-likeness (QED) is 0.680. The zero-order chi connectivity index (χ0) is 16.6. The maximum Gasteiger partial charge on any atom is 0.142 e. The van der Waals surface area contributed by atoms with E-state index < -0.39 is 5.82 Å². The van der Waals surface area contributed by atoms with Crippen molar-refractivity contribution in [1.29, 1.82) is 0 Å². The van der Waals surface area contributed by atoms with Crippen LogP contribution in [0.4, 0.5) is 8.78 Å². The van der Waals surface area contributed by atoms with Gasteiger partial charge in [0.2, 0.25) is 0 Å². The van der Waals surface area contributed by atoms with Crippen molar-refractivity contribution >= 4 is 28.9 Å². The van der Waals surface area contributed by atoms with E-state index in [1.54, 1.807) is 12.1 Å². The molecular weight excluding hydrogens is 371 g/mol. The van der Waals surface area contributed by atoms with Crippen LogP contribution in [0.3, 0.4) is 0 Å². The van der Waals surface area contributed by atoms with Crippen molar-refractivity contribution in [3.63, 3.8) is 0 Å². The largest absolute Gasteiger partial charge is 1.00 e.